The van der Waals surface area contributed by atoms with Crippen LogP contribution in [0.5, 0.6) is 0 Å². The van der Waals surface area contributed by atoms with Crippen LogP contribution in [-0.2, 0) is 32.7 Å². The summed E-state index contributed by atoms with van der Waals surface area (Å²) in [6.07, 6.45) is 21.6. The predicted octanol–water partition coefficient (Wildman–Crippen LogP) is 7.27. The Balaban J connectivity index is 4.40. The second kappa shape index (κ2) is 26.2. The highest BCUT2D eigenvalue weighted by Gasteiger charge is 2.21. The first-order valence-electron chi connectivity index (χ1n) is 16.4. The third-order valence-corrected chi connectivity index (χ3v) is 7.75. The van der Waals surface area contributed by atoms with Crippen molar-refractivity contribution < 1.29 is 42.1 Å². The molecular weight excluding hydrogens is 557 g/mol. The quantitative estimate of drug-likeness (QED) is 0.0283. The summed E-state index contributed by atoms with van der Waals surface area (Å²) in [5, 5.41) is 0. The fourth-order valence-corrected chi connectivity index (χ4v) is 4.85. The number of phosphoric acid groups is 1. The number of ether oxygens (including phenoxy) is 2. The predicted molar refractivity (Wildman–Crippen MR) is 167 cm³/mol. The summed E-state index contributed by atoms with van der Waals surface area (Å²) in [6.45, 7) is 4.04. The van der Waals surface area contributed by atoms with Crippen LogP contribution in [0.4, 0.5) is 0 Å². The van der Waals surface area contributed by atoms with Gasteiger partial charge in [0.25, 0.3) is 7.82 Å². The average Bonchev–Trinajstić information content (AvgIpc) is 2.92. The number of phosphoric ester groups is 1. The molecule has 0 aliphatic heterocycles. The summed E-state index contributed by atoms with van der Waals surface area (Å²) in [5.74, 6) is -0.866. The number of nitrogens with zero attached hydrogens (tertiary/aromatic N) is 1. The van der Waals surface area contributed by atoms with E-state index < -0.39 is 32.5 Å². The zero-order chi connectivity index (χ0) is 31.5. The van der Waals surface area contributed by atoms with Crippen LogP contribution in [0.1, 0.15) is 129 Å². The number of hydrogen-bond donors (Lipinski definition) is 0. The largest absolute Gasteiger partial charge is 0.756 e. The molecular formula is C32H62NO8P. The molecule has 2 atom stereocenters. The van der Waals surface area contributed by atoms with Crippen LogP contribution in [0, 0.1) is 0 Å². The first-order chi connectivity index (χ1) is 20.0. The van der Waals surface area contributed by atoms with Gasteiger partial charge in [0.05, 0.1) is 27.7 Å². The van der Waals surface area contributed by atoms with Crippen molar-refractivity contribution in [1.82, 2.24) is 0 Å². The molecule has 0 spiro atoms. The van der Waals surface area contributed by atoms with E-state index in [2.05, 4.69) is 26.0 Å². The van der Waals surface area contributed by atoms with Crippen LogP contribution in [0.3, 0.4) is 0 Å². The smallest absolute Gasteiger partial charge is 0.306 e. The van der Waals surface area contributed by atoms with Crippen LogP contribution < -0.4 is 4.89 Å². The Bertz CT molecular complexity index is 753. The Kier molecular flexibility index (Phi) is 25.4. The Morgan fingerprint density at radius 1 is 0.714 bits per heavy atom. The molecule has 0 aromatic carbocycles. The van der Waals surface area contributed by atoms with Crippen molar-refractivity contribution >= 4 is 19.8 Å². The van der Waals surface area contributed by atoms with E-state index in [1.54, 1.807) is 0 Å². The maximum absolute atomic E-state index is 12.5. The van der Waals surface area contributed by atoms with Gasteiger partial charge in [-0.15, -0.1) is 0 Å². The maximum Gasteiger partial charge on any atom is 0.306 e. The monoisotopic (exact) mass is 619 g/mol. The molecule has 0 rings (SSSR count). The van der Waals surface area contributed by atoms with E-state index in [0.717, 1.165) is 57.8 Å². The molecule has 0 heterocycles. The van der Waals surface area contributed by atoms with Gasteiger partial charge in [-0.05, 0) is 38.5 Å². The lowest BCUT2D eigenvalue weighted by molar-refractivity contribution is -0.870. The van der Waals surface area contributed by atoms with Crippen molar-refractivity contribution in [2.75, 3.05) is 47.5 Å². The Labute approximate surface area is 256 Å². The van der Waals surface area contributed by atoms with E-state index in [1.807, 2.05) is 21.1 Å². The van der Waals surface area contributed by atoms with Gasteiger partial charge in [0.15, 0.2) is 6.10 Å². The SMILES string of the molecule is CCCCCCC/C=C\CCCCCCCC(=O)OC(COC(=O)CCCCCC)COP(=O)([O-])OCC[N+](C)(C)C. The second-order valence-corrected chi connectivity index (χ2v) is 13.6. The molecule has 0 aliphatic rings. The van der Waals surface area contributed by atoms with Gasteiger partial charge in [0.2, 0.25) is 0 Å². The number of unbranched alkanes of at least 4 members (excludes halogenated alkanes) is 13. The number of hydrogen-bond acceptors (Lipinski definition) is 8. The van der Waals surface area contributed by atoms with Gasteiger partial charge in [-0.25, -0.2) is 0 Å². The Morgan fingerprint density at radius 3 is 1.79 bits per heavy atom. The van der Waals surface area contributed by atoms with Crippen molar-refractivity contribution in [3.8, 4) is 0 Å². The van der Waals surface area contributed by atoms with Crippen molar-refractivity contribution in [3.05, 3.63) is 12.2 Å². The van der Waals surface area contributed by atoms with E-state index in [-0.39, 0.29) is 26.1 Å². The molecule has 0 N–H and O–H groups in total. The lowest BCUT2D eigenvalue weighted by atomic mass is 10.1. The van der Waals surface area contributed by atoms with E-state index in [1.165, 1.54) is 38.5 Å². The first kappa shape index (κ1) is 40.8. The molecule has 42 heavy (non-hydrogen) atoms. The molecule has 10 heteroatoms. The van der Waals surface area contributed by atoms with Crippen molar-refractivity contribution in [2.45, 2.75) is 136 Å². The standard InChI is InChI=1S/C32H62NO8P/c1-6-8-10-12-13-14-15-16-17-18-19-20-21-23-25-32(35)41-30(28-38-31(34)24-22-11-9-7-2)29-40-42(36,37)39-27-26-33(3,4)5/h15-16,30H,6-14,17-29H2,1-5H3/b16-15-. The van der Waals surface area contributed by atoms with Gasteiger partial charge in [-0.2, -0.15) is 0 Å². The number of carbonyl (C=O) groups is 2. The molecule has 0 radical (unpaired) electrons. The van der Waals surface area contributed by atoms with E-state index in [0.29, 0.717) is 17.4 Å². The van der Waals surface area contributed by atoms with Crippen LogP contribution in [0.2, 0.25) is 0 Å². The minimum atomic E-state index is -4.60. The van der Waals surface area contributed by atoms with Crippen LogP contribution >= 0.6 is 7.82 Å². The van der Waals surface area contributed by atoms with Gasteiger partial charge in [-0.3, -0.25) is 14.2 Å². The lowest BCUT2D eigenvalue weighted by Crippen LogP contribution is -2.37. The number of esters is 2. The van der Waals surface area contributed by atoms with Crippen molar-refractivity contribution in [1.29, 1.82) is 0 Å². The normalized spacial score (nSPS) is 14.1. The maximum atomic E-state index is 12.5. The topological polar surface area (TPSA) is 111 Å². The highest BCUT2D eigenvalue weighted by atomic mass is 31.2. The fourth-order valence-electron chi connectivity index (χ4n) is 4.12. The third-order valence-electron chi connectivity index (χ3n) is 6.79. The Morgan fingerprint density at radius 2 is 1.21 bits per heavy atom. The molecule has 0 aromatic rings. The molecule has 0 bridgehead atoms. The third kappa shape index (κ3) is 28.9. The molecule has 9 nitrogen and oxygen atoms in total. The molecule has 0 amide bonds. The van der Waals surface area contributed by atoms with Gasteiger partial charge >= 0.3 is 11.9 Å². The summed E-state index contributed by atoms with van der Waals surface area (Å²) in [5.41, 5.74) is 0. The van der Waals surface area contributed by atoms with Crippen molar-refractivity contribution in [2.24, 2.45) is 0 Å². The van der Waals surface area contributed by atoms with Crippen molar-refractivity contribution in [3.63, 3.8) is 0 Å². The van der Waals surface area contributed by atoms with Crippen LogP contribution in [0.25, 0.3) is 0 Å². The zero-order valence-electron chi connectivity index (χ0n) is 27.4. The summed E-state index contributed by atoms with van der Waals surface area (Å²) >= 11 is 0. The summed E-state index contributed by atoms with van der Waals surface area (Å²) in [7, 11) is 1.16. The molecule has 0 saturated heterocycles. The number of carbonyl (C=O) groups excluding carboxylic acids is 2. The molecule has 0 saturated carbocycles. The summed E-state index contributed by atoms with van der Waals surface area (Å²) < 4.78 is 33.3. The molecule has 0 aromatic heterocycles. The summed E-state index contributed by atoms with van der Waals surface area (Å²) in [6, 6.07) is 0. The molecule has 0 fully saturated rings. The zero-order valence-corrected chi connectivity index (χ0v) is 28.3. The van der Waals surface area contributed by atoms with Gasteiger partial charge < -0.3 is 27.9 Å². The lowest BCUT2D eigenvalue weighted by Gasteiger charge is -2.28. The summed E-state index contributed by atoms with van der Waals surface area (Å²) in [4.78, 5) is 36.8. The van der Waals surface area contributed by atoms with Gasteiger partial charge in [0, 0.05) is 12.8 Å². The Hall–Kier alpha value is -1.25. The van der Waals surface area contributed by atoms with E-state index in [9.17, 15) is 19.0 Å². The highest BCUT2D eigenvalue weighted by Crippen LogP contribution is 2.38. The van der Waals surface area contributed by atoms with E-state index >= 15 is 0 Å². The number of quaternary nitrogens is 1. The molecule has 0 aliphatic carbocycles. The minimum absolute atomic E-state index is 0.0309. The average molecular weight is 620 g/mol. The highest BCUT2D eigenvalue weighted by molar-refractivity contribution is 7.45. The number of likely N-dealkylation sites (N-methyl/N-ethyl adjacent to an activating group) is 1. The van der Waals surface area contributed by atoms with Gasteiger partial charge in [-0.1, -0.05) is 90.2 Å². The van der Waals surface area contributed by atoms with Gasteiger partial charge in [0.1, 0.15) is 19.8 Å². The molecule has 248 valence electrons. The fraction of sp³-hybridized carbons (Fsp3) is 0.875. The second-order valence-electron chi connectivity index (χ2n) is 12.2. The minimum Gasteiger partial charge on any atom is -0.756 e. The number of rotatable bonds is 29. The molecule has 2 unspecified atom stereocenters. The number of allylic oxidation sites excluding steroid dienone is 2. The first-order valence-corrected chi connectivity index (χ1v) is 17.9. The van der Waals surface area contributed by atoms with Crippen LogP contribution in [0.15, 0.2) is 12.2 Å². The van der Waals surface area contributed by atoms with Crippen LogP contribution in [-0.4, -0.2) is 70.0 Å². The van der Waals surface area contributed by atoms with E-state index in [4.69, 9.17) is 18.5 Å².